The number of halogens is 1. The first-order chi connectivity index (χ1) is 30.5. The predicted molar refractivity (Wildman–Crippen MR) is 246 cm³/mol. The van der Waals surface area contributed by atoms with Gasteiger partial charge in [0.1, 0.15) is 23.3 Å². The number of hydrogen-bond donors (Lipinski definition) is 3. The van der Waals surface area contributed by atoms with E-state index in [9.17, 15) is 14.4 Å². The molecule has 13 nitrogen and oxygen atoms in total. The summed E-state index contributed by atoms with van der Waals surface area (Å²) in [5.74, 6) is 0.153. The Morgan fingerprint density at radius 1 is 0.889 bits per heavy atom. The topological polar surface area (TPSA) is 145 Å². The number of fused-ring (bicyclic) bond motifs is 1. The average molecular weight is 853 g/mol. The minimum atomic E-state index is -0.552. The Balaban J connectivity index is 0.748. The number of rotatable bonds is 10. The minimum absolute atomic E-state index is 0.115. The molecule has 5 aromatic rings. The van der Waals surface area contributed by atoms with Crippen molar-refractivity contribution < 1.29 is 18.8 Å². The van der Waals surface area contributed by atoms with Gasteiger partial charge < -0.3 is 25.4 Å². The van der Waals surface area contributed by atoms with Crippen molar-refractivity contribution in [1.29, 1.82) is 0 Å². The summed E-state index contributed by atoms with van der Waals surface area (Å²) >= 11 is 0. The van der Waals surface area contributed by atoms with Gasteiger partial charge in [-0.05, 0) is 128 Å². The van der Waals surface area contributed by atoms with Crippen molar-refractivity contribution in [3.05, 3.63) is 107 Å². The zero-order valence-corrected chi connectivity index (χ0v) is 36.5. The number of imide groups is 1. The lowest BCUT2D eigenvalue weighted by molar-refractivity contribution is -0.133. The number of nitrogens with one attached hydrogen (secondary N) is 2. The van der Waals surface area contributed by atoms with E-state index in [1.165, 1.54) is 22.9 Å². The molecule has 3 saturated heterocycles. The second kappa shape index (κ2) is 17.9. The quantitative estimate of drug-likeness (QED) is 0.140. The number of hydrogen-bond acceptors (Lipinski definition) is 10. The van der Waals surface area contributed by atoms with Gasteiger partial charge in [-0.25, -0.2) is 14.4 Å². The van der Waals surface area contributed by atoms with Crippen LogP contribution in [0.1, 0.15) is 64.8 Å². The summed E-state index contributed by atoms with van der Waals surface area (Å²) in [5, 5.41) is 6.50. The molecule has 0 spiro atoms. The number of aryl methyl sites for hydroxylation is 3. The number of nitrogens with zero attached hydrogens (tertiary/aromatic N) is 7. The fourth-order valence-corrected chi connectivity index (χ4v) is 10.1. The van der Waals surface area contributed by atoms with Crippen molar-refractivity contribution >= 4 is 51.5 Å². The molecule has 0 aliphatic carbocycles. The normalized spacial score (nSPS) is 19.4. The maximum atomic E-state index is 15.3. The molecule has 0 saturated carbocycles. The second-order valence-electron chi connectivity index (χ2n) is 17.8. The zero-order valence-electron chi connectivity index (χ0n) is 36.5. The summed E-state index contributed by atoms with van der Waals surface area (Å²) in [6.07, 6.45) is 9.57. The van der Waals surface area contributed by atoms with E-state index in [-0.39, 0.29) is 30.0 Å². The zero-order chi connectivity index (χ0) is 43.8. The van der Waals surface area contributed by atoms with Gasteiger partial charge in [-0.1, -0.05) is 6.08 Å². The number of carbonyl (C=O) groups excluding carboxylic acids is 3. The highest BCUT2D eigenvalue weighted by Crippen LogP contribution is 2.33. The van der Waals surface area contributed by atoms with Crippen LogP contribution in [0.15, 0.2) is 73.1 Å². The summed E-state index contributed by atoms with van der Waals surface area (Å²) in [7, 11) is 2.09. The SMILES string of the molecule is Cc1cc(C(=O)N2CCC(CN3CCN(c4ccc(NC5CCC(=O)NC5=O)cc4F)CC3)CC2)cc(C)c1C1=CCN(Cc2cc3c(-c4ccc(N)nc4)ccnc3n2C)CC1. The number of pyridine rings is 2. The Bertz CT molecular complexity index is 2550. The van der Waals surface area contributed by atoms with Crippen molar-refractivity contribution in [2.24, 2.45) is 13.0 Å². The number of nitrogen functional groups attached to an aromatic ring is 1. The molecule has 63 heavy (non-hydrogen) atoms. The highest BCUT2D eigenvalue weighted by atomic mass is 19.1. The fraction of sp³-hybridized carbons (Fsp3) is 0.408. The van der Waals surface area contributed by atoms with E-state index in [0.29, 0.717) is 29.5 Å². The van der Waals surface area contributed by atoms with Crippen molar-refractivity contribution in [1.82, 2.24) is 34.6 Å². The molecule has 0 bridgehead atoms. The molecule has 1 unspecified atom stereocenters. The van der Waals surface area contributed by atoms with Crippen LogP contribution < -0.4 is 21.3 Å². The Morgan fingerprint density at radius 2 is 1.67 bits per heavy atom. The first-order valence-electron chi connectivity index (χ1n) is 22.3. The number of nitrogens with two attached hydrogens (primary N) is 1. The minimum Gasteiger partial charge on any atom is -0.384 e. The van der Waals surface area contributed by atoms with E-state index >= 15 is 4.39 Å². The Labute approximate surface area is 368 Å². The number of amides is 3. The lowest BCUT2D eigenvalue weighted by Crippen LogP contribution is -2.49. The molecule has 14 heteroatoms. The maximum absolute atomic E-state index is 15.3. The summed E-state index contributed by atoms with van der Waals surface area (Å²) in [4.78, 5) is 55.5. The third kappa shape index (κ3) is 9.05. The van der Waals surface area contributed by atoms with Crippen molar-refractivity contribution in [2.45, 2.75) is 58.5 Å². The van der Waals surface area contributed by atoms with E-state index in [1.54, 1.807) is 12.1 Å². The van der Waals surface area contributed by atoms with Crippen LogP contribution >= 0.6 is 0 Å². The van der Waals surface area contributed by atoms with Crippen molar-refractivity contribution in [3.63, 3.8) is 0 Å². The first-order valence-corrected chi connectivity index (χ1v) is 22.3. The largest absolute Gasteiger partial charge is 0.384 e. The number of aromatic nitrogens is 3. The second-order valence-corrected chi connectivity index (χ2v) is 17.8. The van der Waals surface area contributed by atoms with Gasteiger partial charge in [-0.15, -0.1) is 0 Å². The van der Waals surface area contributed by atoms with Crippen LogP contribution in [0.2, 0.25) is 0 Å². The van der Waals surface area contributed by atoms with Crippen LogP contribution in [0.5, 0.6) is 0 Å². The van der Waals surface area contributed by atoms with Crippen LogP contribution in [-0.4, -0.2) is 112 Å². The molecule has 328 valence electrons. The number of likely N-dealkylation sites (tertiary alicyclic amines) is 1. The third-order valence-electron chi connectivity index (χ3n) is 13.6. The molecular formula is C49H57FN10O3. The standard InChI is InChI=1S/C49H57FN10O3/c1-31-24-36(25-32(2)46(31)34-13-16-57(17-14-34)30-38-27-40-39(10-15-52-47(40)56(38)3)35-4-8-44(51)53-28-35)49(63)60-18-11-33(12-19-60)29-58-20-22-59(23-21-58)43-7-5-37(26-41(43)50)54-42-6-9-45(61)55-48(42)62/h4-5,7-8,10,13,15,24-28,33,42,54H,6,9,11-12,14,16-23,29-30H2,1-3H3,(H2,51,53)(H,55,61,62). The number of anilines is 3. The molecule has 3 fully saturated rings. The number of benzene rings is 2. The molecule has 9 rings (SSSR count). The van der Waals surface area contributed by atoms with Gasteiger partial charge >= 0.3 is 0 Å². The average Bonchev–Trinajstić information content (AvgIpc) is 3.60. The summed E-state index contributed by atoms with van der Waals surface area (Å²) < 4.78 is 17.5. The summed E-state index contributed by atoms with van der Waals surface area (Å²) in [6.45, 7) is 12.5. The molecule has 3 amide bonds. The maximum Gasteiger partial charge on any atom is 0.253 e. The highest BCUT2D eigenvalue weighted by molar-refractivity contribution is 6.01. The van der Waals surface area contributed by atoms with Crippen LogP contribution in [0.3, 0.4) is 0 Å². The lowest BCUT2D eigenvalue weighted by Gasteiger charge is -2.39. The molecule has 4 aliphatic rings. The predicted octanol–water partition coefficient (Wildman–Crippen LogP) is 6.15. The first kappa shape index (κ1) is 42.2. The van der Waals surface area contributed by atoms with Gasteiger partial charge in [0, 0.05) is 119 Å². The van der Waals surface area contributed by atoms with Crippen LogP contribution in [0, 0.1) is 25.6 Å². The van der Waals surface area contributed by atoms with E-state index in [2.05, 4.69) is 80.1 Å². The Kier molecular flexibility index (Phi) is 12.0. The van der Waals surface area contributed by atoms with Gasteiger partial charge in [-0.3, -0.25) is 29.5 Å². The molecule has 1 atom stereocenters. The molecule has 3 aromatic heterocycles. The van der Waals surface area contributed by atoms with Crippen LogP contribution in [0.4, 0.5) is 21.6 Å². The molecule has 4 aliphatic heterocycles. The lowest BCUT2D eigenvalue weighted by atomic mass is 9.89. The van der Waals surface area contributed by atoms with E-state index in [1.807, 2.05) is 35.5 Å². The monoisotopic (exact) mass is 852 g/mol. The van der Waals surface area contributed by atoms with Crippen molar-refractivity contribution in [3.8, 4) is 11.1 Å². The highest BCUT2D eigenvalue weighted by Gasteiger charge is 2.30. The van der Waals surface area contributed by atoms with Gasteiger partial charge in [-0.2, -0.15) is 0 Å². The van der Waals surface area contributed by atoms with E-state index in [0.717, 1.165) is 124 Å². The molecule has 2 aromatic carbocycles. The molecule has 0 radical (unpaired) electrons. The number of piperazine rings is 1. The number of carbonyl (C=O) groups is 3. The van der Waals surface area contributed by atoms with Gasteiger partial charge in [0.2, 0.25) is 11.8 Å². The number of piperidine rings is 2. The van der Waals surface area contributed by atoms with Crippen LogP contribution in [0.25, 0.3) is 27.7 Å². The van der Waals surface area contributed by atoms with Crippen molar-refractivity contribution in [2.75, 3.05) is 74.9 Å². The third-order valence-corrected chi connectivity index (χ3v) is 13.6. The van der Waals surface area contributed by atoms with Crippen LogP contribution in [-0.2, 0) is 23.2 Å². The van der Waals surface area contributed by atoms with E-state index < -0.39 is 6.04 Å². The molecule has 7 heterocycles. The van der Waals surface area contributed by atoms with Gasteiger partial charge in [0.05, 0.1) is 5.69 Å². The molecule has 4 N–H and O–H groups in total. The van der Waals surface area contributed by atoms with E-state index in [4.69, 9.17) is 10.7 Å². The summed E-state index contributed by atoms with van der Waals surface area (Å²) in [6, 6.07) is 16.8. The smallest absolute Gasteiger partial charge is 0.253 e. The Hall–Kier alpha value is -6.12. The van der Waals surface area contributed by atoms with Gasteiger partial charge in [0.15, 0.2) is 0 Å². The molecular weight excluding hydrogens is 796 g/mol. The summed E-state index contributed by atoms with van der Waals surface area (Å²) in [5.41, 5.74) is 16.9. The fourth-order valence-electron chi connectivity index (χ4n) is 10.1. The Morgan fingerprint density at radius 3 is 2.35 bits per heavy atom. The van der Waals surface area contributed by atoms with Gasteiger partial charge in [0.25, 0.3) is 5.91 Å².